The van der Waals surface area contributed by atoms with E-state index >= 15 is 0 Å². The Morgan fingerprint density at radius 3 is 3.10 bits per heavy atom. The molecular weight excluding hydrogens is 263 g/mol. The Kier molecular flexibility index (Phi) is 4.24. The number of rotatable bonds is 5. The number of tetrazole rings is 1. The molecule has 8 heteroatoms. The average molecular weight is 274 g/mol. The zero-order valence-electron chi connectivity index (χ0n) is 10.6. The molecule has 7 nitrogen and oxygen atoms in total. The van der Waals surface area contributed by atoms with Crippen LogP contribution >= 0.6 is 0 Å². The third-order valence-electron chi connectivity index (χ3n) is 2.33. The molecule has 0 unspecified atom stereocenters. The van der Waals surface area contributed by atoms with Crippen molar-refractivity contribution >= 4 is 11.3 Å². The number of nitrogens with one attached hydrogen (secondary N) is 2. The Bertz CT molecular complexity index is 646. The van der Waals surface area contributed by atoms with E-state index in [1.807, 2.05) is 6.07 Å². The molecule has 0 atom stereocenters. The molecule has 2 aromatic rings. The number of hydrogen-bond donors (Lipinski definition) is 2. The summed E-state index contributed by atoms with van der Waals surface area (Å²) in [5.41, 5.74) is 0.563. The number of aromatic amines is 1. The van der Waals surface area contributed by atoms with Crippen LogP contribution in [0.15, 0.2) is 24.4 Å². The smallest absolute Gasteiger partial charge is 0.216 e. The number of nitriles is 1. The van der Waals surface area contributed by atoms with E-state index in [4.69, 9.17) is 10.00 Å². The quantitative estimate of drug-likeness (QED) is 0.805. The van der Waals surface area contributed by atoms with Gasteiger partial charge in [-0.1, -0.05) is 6.07 Å². The number of benzene rings is 1. The standard InChI is InChI=1S/C12H11FN6O/c1-2-20-11-9(13)4-3-5-10(11)15-7-8(6-14)12-16-18-19-17-12/h3-5,7,15H,2H2,1H3,(H,16,17,18,19). The summed E-state index contributed by atoms with van der Waals surface area (Å²) in [7, 11) is 0. The van der Waals surface area contributed by atoms with Crippen LogP contribution in [0.25, 0.3) is 5.57 Å². The monoisotopic (exact) mass is 274 g/mol. The molecule has 0 saturated carbocycles. The van der Waals surface area contributed by atoms with Gasteiger partial charge in [0, 0.05) is 6.20 Å². The summed E-state index contributed by atoms with van der Waals surface area (Å²) in [6.07, 6.45) is 1.36. The summed E-state index contributed by atoms with van der Waals surface area (Å²) in [6, 6.07) is 6.39. The van der Waals surface area contributed by atoms with Crippen LogP contribution in [0.4, 0.5) is 10.1 Å². The van der Waals surface area contributed by atoms with E-state index in [0.29, 0.717) is 12.3 Å². The van der Waals surface area contributed by atoms with Crippen LogP contribution < -0.4 is 10.1 Å². The molecule has 2 N–H and O–H groups in total. The van der Waals surface area contributed by atoms with E-state index < -0.39 is 5.82 Å². The lowest BCUT2D eigenvalue weighted by molar-refractivity contribution is 0.323. The summed E-state index contributed by atoms with van der Waals surface area (Å²) in [4.78, 5) is 0. The zero-order chi connectivity index (χ0) is 14.4. The van der Waals surface area contributed by atoms with Crippen LogP contribution in [-0.2, 0) is 0 Å². The van der Waals surface area contributed by atoms with Crippen LogP contribution in [0.3, 0.4) is 0 Å². The van der Waals surface area contributed by atoms with Gasteiger partial charge in [-0.05, 0) is 24.3 Å². The van der Waals surface area contributed by atoms with Crippen LogP contribution in [0.1, 0.15) is 12.7 Å². The molecule has 0 aliphatic heterocycles. The maximum atomic E-state index is 13.6. The largest absolute Gasteiger partial charge is 0.489 e. The van der Waals surface area contributed by atoms with Crippen molar-refractivity contribution in [1.82, 2.24) is 20.6 Å². The molecule has 0 fully saturated rings. The first-order valence-corrected chi connectivity index (χ1v) is 5.78. The molecule has 0 bridgehead atoms. The second-order valence-corrected chi connectivity index (χ2v) is 3.60. The lowest BCUT2D eigenvalue weighted by atomic mass is 10.2. The van der Waals surface area contributed by atoms with Gasteiger partial charge >= 0.3 is 0 Å². The molecule has 102 valence electrons. The fraction of sp³-hybridized carbons (Fsp3) is 0.167. The summed E-state index contributed by atoms with van der Waals surface area (Å²) < 4.78 is 18.9. The lowest BCUT2D eigenvalue weighted by Gasteiger charge is -2.10. The second-order valence-electron chi connectivity index (χ2n) is 3.60. The molecule has 2 rings (SSSR count). The predicted octanol–water partition coefficient (Wildman–Crippen LogP) is 1.71. The molecule has 0 aliphatic rings. The number of anilines is 1. The fourth-order valence-electron chi connectivity index (χ4n) is 1.49. The Labute approximate surface area is 114 Å². The Morgan fingerprint density at radius 1 is 1.60 bits per heavy atom. The first-order chi connectivity index (χ1) is 9.76. The number of halogens is 1. The van der Waals surface area contributed by atoms with E-state index in [1.165, 1.54) is 18.3 Å². The third-order valence-corrected chi connectivity index (χ3v) is 2.33. The molecule has 0 amide bonds. The number of hydrogen-bond acceptors (Lipinski definition) is 6. The molecule has 0 saturated heterocycles. The number of allylic oxidation sites excluding steroid dienone is 1. The number of para-hydroxylation sites is 1. The highest BCUT2D eigenvalue weighted by Gasteiger charge is 2.10. The Balaban J connectivity index is 2.26. The van der Waals surface area contributed by atoms with Gasteiger partial charge in [0.15, 0.2) is 11.6 Å². The Morgan fingerprint density at radius 2 is 2.45 bits per heavy atom. The van der Waals surface area contributed by atoms with E-state index in [0.717, 1.165) is 0 Å². The van der Waals surface area contributed by atoms with Gasteiger partial charge in [0.05, 0.1) is 12.3 Å². The molecule has 0 radical (unpaired) electrons. The summed E-state index contributed by atoms with van der Waals surface area (Å²) in [5, 5.41) is 24.8. The van der Waals surface area contributed by atoms with E-state index in [2.05, 4.69) is 25.9 Å². The van der Waals surface area contributed by atoms with Crippen molar-refractivity contribution in [2.45, 2.75) is 6.92 Å². The van der Waals surface area contributed by atoms with Gasteiger partial charge in [-0.15, -0.1) is 10.2 Å². The first-order valence-electron chi connectivity index (χ1n) is 5.78. The molecular formula is C12H11FN6O. The van der Waals surface area contributed by atoms with Crippen molar-refractivity contribution in [3.8, 4) is 11.8 Å². The van der Waals surface area contributed by atoms with E-state index in [-0.39, 0.29) is 17.1 Å². The van der Waals surface area contributed by atoms with Crippen molar-refractivity contribution in [2.24, 2.45) is 0 Å². The van der Waals surface area contributed by atoms with Crippen LogP contribution in [0.2, 0.25) is 0 Å². The number of aromatic nitrogens is 4. The maximum Gasteiger partial charge on any atom is 0.216 e. The van der Waals surface area contributed by atoms with Crippen LogP contribution in [0.5, 0.6) is 5.75 Å². The molecule has 1 aromatic heterocycles. The summed E-state index contributed by atoms with van der Waals surface area (Å²) in [5.74, 6) is -0.241. The topological polar surface area (TPSA) is 99.5 Å². The Hall–Kier alpha value is -2.95. The molecule has 0 aliphatic carbocycles. The normalized spacial score (nSPS) is 10.9. The number of H-pyrrole nitrogens is 1. The minimum atomic E-state index is -0.483. The van der Waals surface area contributed by atoms with Crippen molar-refractivity contribution in [1.29, 1.82) is 5.26 Å². The highest BCUT2D eigenvalue weighted by atomic mass is 19.1. The molecule has 1 aromatic carbocycles. The summed E-state index contributed by atoms with van der Waals surface area (Å²) >= 11 is 0. The molecule has 1 heterocycles. The van der Waals surface area contributed by atoms with Gasteiger partial charge in [-0.2, -0.15) is 10.5 Å². The van der Waals surface area contributed by atoms with Gasteiger partial charge in [0.1, 0.15) is 11.6 Å². The van der Waals surface area contributed by atoms with Gasteiger partial charge in [0.2, 0.25) is 5.82 Å². The van der Waals surface area contributed by atoms with Crippen molar-refractivity contribution in [3.05, 3.63) is 36.0 Å². The lowest BCUT2D eigenvalue weighted by Crippen LogP contribution is -2.00. The van der Waals surface area contributed by atoms with Gasteiger partial charge in [-0.3, -0.25) is 0 Å². The van der Waals surface area contributed by atoms with Crippen LogP contribution in [-0.4, -0.2) is 27.2 Å². The van der Waals surface area contributed by atoms with E-state index in [9.17, 15) is 4.39 Å². The maximum absolute atomic E-state index is 13.6. The first kappa shape index (κ1) is 13.5. The van der Waals surface area contributed by atoms with Gasteiger partial charge in [-0.25, -0.2) is 4.39 Å². The third kappa shape index (κ3) is 2.89. The molecule has 0 spiro atoms. The van der Waals surface area contributed by atoms with E-state index in [1.54, 1.807) is 13.0 Å². The summed E-state index contributed by atoms with van der Waals surface area (Å²) in [6.45, 7) is 2.08. The SMILES string of the molecule is CCOc1c(F)cccc1NC=C(C#N)c1nn[nH]n1. The zero-order valence-corrected chi connectivity index (χ0v) is 10.6. The van der Waals surface area contributed by atoms with Crippen molar-refractivity contribution in [3.63, 3.8) is 0 Å². The predicted molar refractivity (Wildman–Crippen MR) is 69.0 cm³/mol. The minimum absolute atomic E-state index is 0.0941. The average Bonchev–Trinajstić information content (AvgIpc) is 2.97. The highest BCUT2D eigenvalue weighted by molar-refractivity contribution is 5.74. The second kappa shape index (κ2) is 6.29. The van der Waals surface area contributed by atoms with Crippen LogP contribution in [0, 0.1) is 17.1 Å². The van der Waals surface area contributed by atoms with Gasteiger partial charge < -0.3 is 10.1 Å². The molecule has 20 heavy (non-hydrogen) atoms. The number of ether oxygens (including phenoxy) is 1. The number of nitrogens with zero attached hydrogens (tertiary/aromatic N) is 4. The highest BCUT2D eigenvalue weighted by Crippen LogP contribution is 2.28. The van der Waals surface area contributed by atoms with Crippen molar-refractivity contribution in [2.75, 3.05) is 11.9 Å². The fourth-order valence-corrected chi connectivity index (χ4v) is 1.49. The minimum Gasteiger partial charge on any atom is -0.489 e. The van der Waals surface area contributed by atoms with Crippen molar-refractivity contribution < 1.29 is 9.13 Å². The van der Waals surface area contributed by atoms with Gasteiger partial charge in [0.25, 0.3) is 0 Å².